The second-order valence-corrected chi connectivity index (χ2v) is 4.60. The average molecular weight is 335 g/mol. The van der Waals surface area contributed by atoms with Crippen molar-refractivity contribution in [3.63, 3.8) is 0 Å². The molecule has 0 aromatic heterocycles. The molecule has 0 heterocycles. The lowest BCUT2D eigenvalue weighted by Gasteiger charge is -1.96. The summed E-state index contributed by atoms with van der Waals surface area (Å²) in [4.78, 5) is 9.49. The molecule has 0 unspecified atom stereocenters. The number of hydrogen-bond acceptors (Lipinski definition) is 5. The van der Waals surface area contributed by atoms with Gasteiger partial charge in [0, 0.05) is 20.0 Å². The van der Waals surface area contributed by atoms with E-state index in [1.807, 2.05) is 25.2 Å². The van der Waals surface area contributed by atoms with Crippen molar-refractivity contribution in [3.05, 3.63) is 60.3 Å². The van der Waals surface area contributed by atoms with E-state index >= 15 is 0 Å². The first-order valence-electron chi connectivity index (χ1n) is 7.65. The minimum Gasteiger partial charge on any atom is -0.400 e. The highest BCUT2D eigenvalue weighted by Gasteiger charge is 1.83. The van der Waals surface area contributed by atoms with E-state index in [0.717, 1.165) is 20.1 Å². The SMILES string of the molecule is C=C(C)CCCNC.C=NN/C=C/C=O.CO.Cc1ccccc1. The molecule has 0 aliphatic rings. The highest BCUT2D eigenvalue weighted by atomic mass is 16.2. The van der Waals surface area contributed by atoms with E-state index in [1.54, 1.807) is 0 Å². The summed E-state index contributed by atoms with van der Waals surface area (Å²) in [5.74, 6) is 0. The molecule has 24 heavy (non-hydrogen) atoms. The number of aldehydes is 1. The van der Waals surface area contributed by atoms with Gasteiger partial charge in [-0.05, 0) is 46.4 Å². The monoisotopic (exact) mass is 335 g/mol. The number of aliphatic hydroxyl groups is 1. The highest BCUT2D eigenvalue weighted by Crippen LogP contribution is 1.97. The fourth-order valence-corrected chi connectivity index (χ4v) is 1.24. The van der Waals surface area contributed by atoms with Crippen molar-refractivity contribution in [1.82, 2.24) is 10.7 Å². The predicted molar refractivity (Wildman–Crippen MR) is 105 cm³/mol. The summed E-state index contributed by atoms with van der Waals surface area (Å²) >= 11 is 0. The van der Waals surface area contributed by atoms with Crippen molar-refractivity contribution in [2.45, 2.75) is 26.7 Å². The van der Waals surface area contributed by atoms with Gasteiger partial charge in [0.15, 0.2) is 0 Å². The van der Waals surface area contributed by atoms with E-state index in [2.05, 4.69) is 55.1 Å². The van der Waals surface area contributed by atoms with Crippen molar-refractivity contribution in [2.75, 3.05) is 20.7 Å². The van der Waals surface area contributed by atoms with Crippen LogP contribution in [0.3, 0.4) is 0 Å². The molecule has 0 spiro atoms. The van der Waals surface area contributed by atoms with Gasteiger partial charge in [-0.15, -0.1) is 6.58 Å². The number of allylic oxidation sites excluding steroid dienone is 2. The Morgan fingerprint density at radius 3 is 2.21 bits per heavy atom. The molecule has 0 aliphatic heterocycles. The van der Waals surface area contributed by atoms with Crippen LogP contribution in [0.4, 0.5) is 0 Å². The summed E-state index contributed by atoms with van der Waals surface area (Å²) in [6.45, 7) is 12.2. The third kappa shape index (κ3) is 31.9. The third-order valence-corrected chi connectivity index (χ3v) is 2.31. The molecule has 5 heteroatoms. The molecule has 0 bridgehead atoms. The molecule has 5 nitrogen and oxygen atoms in total. The normalized spacial score (nSPS) is 8.38. The molecule has 0 saturated heterocycles. The molecular formula is C19H33N3O2. The Morgan fingerprint density at radius 1 is 1.29 bits per heavy atom. The van der Waals surface area contributed by atoms with E-state index in [1.165, 1.54) is 29.8 Å². The number of hydrazone groups is 1. The minimum absolute atomic E-state index is 0.651. The molecule has 0 amide bonds. The van der Waals surface area contributed by atoms with Crippen molar-refractivity contribution < 1.29 is 9.90 Å². The highest BCUT2D eigenvalue weighted by molar-refractivity contribution is 5.64. The van der Waals surface area contributed by atoms with E-state index < -0.39 is 0 Å². The van der Waals surface area contributed by atoms with Gasteiger partial charge in [0.05, 0.1) is 0 Å². The van der Waals surface area contributed by atoms with Crippen molar-refractivity contribution in [1.29, 1.82) is 0 Å². The number of aliphatic hydroxyl groups excluding tert-OH is 1. The van der Waals surface area contributed by atoms with E-state index in [9.17, 15) is 4.79 Å². The van der Waals surface area contributed by atoms with Crippen molar-refractivity contribution >= 4 is 13.0 Å². The van der Waals surface area contributed by atoms with Crippen LogP contribution in [-0.4, -0.2) is 38.8 Å². The molecule has 0 radical (unpaired) electrons. The van der Waals surface area contributed by atoms with Crippen LogP contribution in [0.25, 0.3) is 0 Å². The molecule has 0 fully saturated rings. The zero-order valence-corrected chi connectivity index (χ0v) is 15.5. The zero-order valence-electron chi connectivity index (χ0n) is 15.5. The van der Waals surface area contributed by atoms with Crippen LogP contribution < -0.4 is 10.7 Å². The third-order valence-electron chi connectivity index (χ3n) is 2.31. The first kappa shape index (κ1) is 26.6. The van der Waals surface area contributed by atoms with Gasteiger partial charge in [-0.2, -0.15) is 5.10 Å². The number of nitrogens with zero attached hydrogens (tertiary/aromatic N) is 1. The second kappa shape index (κ2) is 25.7. The Bertz CT molecular complexity index is 418. The number of carbonyl (C=O) groups excluding carboxylic acids is 1. The smallest absolute Gasteiger partial charge is 0.144 e. The Balaban J connectivity index is -0.000000262. The first-order valence-corrected chi connectivity index (χ1v) is 7.65. The molecule has 0 saturated carbocycles. The molecular weight excluding hydrogens is 302 g/mol. The molecule has 0 atom stereocenters. The van der Waals surface area contributed by atoms with Crippen LogP contribution in [0.15, 0.2) is 59.9 Å². The van der Waals surface area contributed by atoms with Gasteiger partial charge in [0.2, 0.25) is 0 Å². The van der Waals surface area contributed by atoms with Gasteiger partial charge < -0.3 is 10.4 Å². The zero-order chi connectivity index (χ0) is 19.1. The average Bonchev–Trinajstić information content (AvgIpc) is 2.59. The lowest BCUT2D eigenvalue weighted by atomic mass is 10.2. The van der Waals surface area contributed by atoms with E-state index in [4.69, 9.17) is 5.11 Å². The summed E-state index contributed by atoms with van der Waals surface area (Å²) in [6.07, 6.45) is 5.69. The summed E-state index contributed by atoms with van der Waals surface area (Å²) in [7, 11) is 2.97. The van der Waals surface area contributed by atoms with Crippen LogP contribution in [0.5, 0.6) is 0 Å². The van der Waals surface area contributed by atoms with Crippen LogP contribution in [0, 0.1) is 6.92 Å². The summed E-state index contributed by atoms with van der Waals surface area (Å²) < 4.78 is 0. The standard InChI is InChI=1S/C7H15N.C7H8.C4H6N2O.CH4O/c1-7(2)5-4-6-8-3;1-7-5-3-2-4-6-7;1-5-6-3-2-4-7;1-2/h8H,1,4-6H2,2-3H3;2-6H,1H3;2-4,6H,1H2;2H,1H3/b;;3-2+;. The Hall–Kier alpha value is -2.24. The topological polar surface area (TPSA) is 73.7 Å². The lowest BCUT2D eigenvalue weighted by Crippen LogP contribution is -2.06. The van der Waals surface area contributed by atoms with Crippen molar-refractivity contribution in [3.8, 4) is 0 Å². The quantitative estimate of drug-likeness (QED) is 0.179. The first-order chi connectivity index (χ1) is 11.6. The molecule has 1 rings (SSSR count). The van der Waals surface area contributed by atoms with E-state index in [0.29, 0.717) is 6.29 Å². The Morgan fingerprint density at radius 2 is 1.88 bits per heavy atom. The van der Waals surface area contributed by atoms with Crippen LogP contribution in [-0.2, 0) is 4.79 Å². The van der Waals surface area contributed by atoms with Crippen molar-refractivity contribution in [2.24, 2.45) is 5.10 Å². The summed E-state index contributed by atoms with van der Waals surface area (Å²) in [5, 5.41) is 13.3. The number of nitrogens with one attached hydrogen (secondary N) is 2. The van der Waals surface area contributed by atoms with Gasteiger partial charge in [-0.3, -0.25) is 10.2 Å². The summed E-state index contributed by atoms with van der Waals surface area (Å²) in [6, 6.07) is 10.3. The van der Waals surface area contributed by atoms with Crippen LogP contribution in [0.1, 0.15) is 25.3 Å². The fourth-order valence-electron chi connectivity index (χ4n) is 1.24. The number of carbonyl (C=O) groups is 1. The molecule has 3 N–H and O–H groups in total. The summed E-state index contributed by atoms with van der Waals surface area (Å²) in [5.41, 5.74) is 4.95. The van der Waals surface area contributed by atoms with Crippen LogP contribution in [0.2, 0.25) is 0 Å². The maximum atomic E-state index is 9.49. The van der Waals surface area contributed by atoms with Gasteiger partial charge in [0.1, 0.15) is 6.29 Å². The van der Waals surface area contributed by atoms with E-state index in [-0.39, 0.29) is 0 Å². The lowest BCUT2D eigenvalue weighted by molar-refractivity contribution is -0.104. The maximum Gasteiger partial charge on any atom is 0.144 e. The molecule has 1 aromatic rings. The minimum atomic E-state index is 0.651. The Labute approximate surface area is 147 Å². The largest absolute Gasteiger partial charge is 0.400 e. The van der Waals surface area contributed by atoms with Gasteiger partial charge >= 0.3 is 0 Å². The van der Waals surface area contributed by atoms with Gasteiger partial charge in [-0.25, -0.2) is 0 Å². The number of benzene rings is 1. The number of hydrogen-bond donors (Lipinski definition) is 3. The Kier molecular flexibility index (Phi) is 28.5. The number of aryl methyl sites for hydroxylation is 1. The second-order valence-electron chi connectivity index (χ2n) is 4.60. The molecule has 0 aliphatic carbocycles. The predicted octanol–water partition coefficient (Wildman–Crippen LogP) is 3.07. The maximum absolute atomic E-state index is 9.49. The molecule has 1 aromatic carbocycles. The number of rotatable bonds is 7. The fraction of sp³-hybridized carbons (Fsp3) is 0.368. The van der Waals surface area contributed by atoms with Gasteiger partial charge in [-0.1, -0.05) is 41.5 Å². The van der Waals surface area contributed by atoms with Gasteiger partial charge in [0.25, 0.3) is 0 Å². The molecule has 136 valence electrons. The van der Waals surface area contributed by atoms with Crippen LogP contribution >= 0.6 is 0 Å².